The van der Waals surface area contributed by atoms with E-state index in [2.05, 4.69) is 75.2 Å². The molecule has 0 radical (unpaired) electrons. The number of pyridine rings is 1. The van der Waals surface area contributed by atoms with Crippen LogP contribution in [-0.2, 0) is 6.42 Å². The molecule has 0 unspecified atom stereocenters. The van der Waals surface area contributed by atoms with Gasteiger partial charge in [0.2, 0.25) is 0 Å². The second-order valence-electron chi connectivity index (χ2n) is 6.30. The highest BCUT2D eigenvalue weighted by atomic mass is 32.2. The van der Waals surface area contributed by atoms with Crippen molar-refractivity contribution in [3.63, 3.8) is 0 Å². The summed E-state index contributed by atoms with van der Waals surface area (Å²) in [7, 11) is 0. The quantitative estimate of drug-likeness (QED) is 0.448. The summed E-state index contributed by atoms with van der Waals surface area (Å²) in [4.78, 5) is 4.08. The summed E-state index contributed by atoms with van der Waals surface area (Å²) in [5.41, 5.74) is 4.66. The zero-order valence-electron chi connectivity index (χ0n) is 15.1. The fraction of sp³-hybridized carbons (Fsp3) is 0.136. The molecular formula is C22H20N4S. The van der Waals surface area contributed by atoms with E-state index in [1.54, 1.807) is 11.8 Å². The van der Waals surface area contributed by atoms with E-state index < -0.39 is 0 Å². The molecule has 0 spiro atoms. The summed E-state index contributed by atoms with van der Waals surface area (Å²) >= 11 is 1.73. The lowest BCUT2D eigenvalue weighted by molar-refractivity contribution is 0.884. The van der Waals surface area contributed by atoms with Gasteiger partial charge in [-0.1, -0.05) is 59.8 Å². The Labute approximate surface area is 163 Å². The third-order valence-electron chi connectivity index (χ3n) is 4.33. The third-order valence-corrected chi connectivity index (χ3v) is 5.26. The first-order valence-electron chi connectivity index (χ1n) is 8.91. The summed E-state index contributed by atoms with van der Waals surface area (Å²) in [5, 5.41) is 9.89. The van der Waals surface area contributed by atoms with Crippen molar-refractivity contribution in [3.05, 3.63) is 90.3 Å². The van der Waals surface area contributed by atoms with E-state index in [1.165, 1.54) is 11.1 Å². The number of aromatic nitrogens is 4. The molecule has 2 aromatic carbocycles. The topological polar surface area (TPSA) is 43.6 Å². The lowest BCUT2D eigenvalue weighted by Crippen LogP contribution is -2.00. The molecule has 4 aromatic rings. The summed E-state index contributed by atoms with van der Waals surface area (Å²) < 4.78 is 2.14. The normalized spacial score (nSPS) is 10.9. The Morgan fingerprint density at radius 3 is 2.33 bits per heavy atom. The average molecular weight is 372 g/mol. The molecule has 27 heavy (non-hydrogen) atoms. The average Bonchev–Trinajstić information content (AvgIpc) is 3.14. The lowest BCUT2D eigenvalue weighted by atomic mass is 10.2. The number of thioether (sulfide) groups is 1. The third kappa shape index (κ3) is 4.09. The zero-order chi connectivity index (χ0) is 18.5. The molecule has 0 amide bonds. The van der Waals surface area contributed by atoms with Crippen LogP contribution in [0.1, 0.15) is 11.1 Å². The Kier molecular flexibility index (Phi) is 5.30. The minimum absolute atomic E-state index is 0.867. The van der Waals surface area contributed by atoms with Gasteiger partial charge >= 0.3 is 0 Å². The minimum atomic E-state index is 0.867. The minimum Gasteiger partial charge on any atom is -0.270 e. The molecule has 0 aliphatic rings. The Morgan fingerprint density at radius 2 is 1.59 bits per heavy atom. The monoisotopic (exact) mass is 372 g/mol. The Balaban J connectivity index is 1.64. The Morgan fingerprint density at radius 1 is 0.852 bits per heavy atom. The van der Waals surface area contributed by atoms with Gasteiger partial charge in [0.15, 0.2) is 11.0 Å². The molecule has 0 aliphatic heterocycles. The van der Waals surface area contributed by atoms with Gasteiger partial charge < -0.3 is 0 Å². The maximum atomic E-state index is 4.49. The molecule has 0 N–H and O–H groups in total. The van der Waals surface area contributed by atoms with E-state index in [0.717, 1.165) is 34.4 Å². The molecule has 2 aromatic heterocycles. The van der Waals surface area contributed by atoms with Gasteiger partial charge in [0.25, 0.3) is 0 Å². The van der Waals surface area contributed by atoms with Crippen LogP contribution in [-0.4, -0.2) is 25.5 Å². The summed E-state index contributed by atoms with van der Waals surface area (Å²) in [6, 6.07) is 22.8. The molecule has 2 heterocycles. The van der Waals surface area contributed by atoms with E-state index in [4.69, 9.17) is 0 Å². The molecule has 0 bridgehead atoms. The maximum Gasteiger partial charge on any atom is 0.196 e. The molecule has 0 aliphatic carbocycles. The van der Waals surface area contributed by atoms with Gasteiger partial charge in [0.05, 0.1) is 0 Å². The maximum absolute atomic E-state index is 4.49. The van der Waals surface area contributed by atoms with Gasteiger partial charge in [-0.25, -0.2) is 0 Å². The van der Waals surface area contributed by atoms with Crippen molar-refractivity contribution in [2.75, 3.05) is 5.75 Å². The lowest BCUT2D eigenvalue weighted by Gasteiger charge is -2.11. The van der Waals surface area contributed by atoms with Crippen molar-refractivity contribution in [2.45, 2.75) is 18.5 Å². The van der Waals surface area contributed by atoms with Crippen molar-refractivity contribution < 1.29 is 0 Å². The van der Waals surface area contributed by atoms with E-state index >= 15 is 0 Å². The van der Waals surface area contributed by atoms with E-state index in [1.807, 2.05) is 30.6 Å². The van der Waals surface area contributed by atoms with Crippen molar-refractivity contribution >= 4 is 11.8 Å². The summed E-state index contributed by atoms with van der Waals surface area (Å²) in [5.74, 6) is 1.80. The van der Waals surface area contributed by atoms with Gasteiger partial charge in [0, 0.05) is 29.4 Å². The van der Waals surface area contributed by atoms with Crippen LogP contribution in [0.3, 0.4) is 0 Å². The van der Waals surface area contributed by atoms with E-state index in [0.29, 0.717) is 0 Å². The van der Waals surface area contributed by atoms with Gasteiger partial charge in [-0.2, -0.15) is 0 Å². The van der Waals surface area contributed by atoms with Crippen molar-refractivity contribution in [3.8, 4) is 17.1 Å². The van der Waals surface area contributed by atoms with Crippen molar-refractivity contribution in [2.24, 2.45) is 0 Å². The molecule has 4 rings (SSSR count). The molecule has 0 saturated heterocycles. The molecular weight excluding hydrogens is 352 g/mol. The van der Waals surface area contributed by atoms with Crippen molar-refractivity contribution in [1.29, 1.82) is 0 Å². The number of rotatable bonds is 6. The number of aryl methyl sites for hydroxylation is 2. The predicted molar refractivity (Wildman–Crippen MR) is 110 cm³/mol. The van der Waals surface area contributed by atoms with Crippen LogP contribution in [0.2, 0.25) is 0 Å². The first-order valence-corrected chi connectivity index (χ1v) is 9.89. The highest BCUT2D eigenvalue weighted by Gasteiger charge is 2.15. The van der Waals surface area contributed by atoms with E-state index in [-0.39, 0.29) is 0 Å². The highest BCUT2D eigenvalue weighted by Crippen LogP contribution is 2.28. The number of nitrogens with zero attached hydrogens (tertiary/aromatic N) is 4. The van der Waals surface area contributed by atoms with Crippen LogP contribution in [0.15, 0.2) is 84.3 Å². The second kappa shape index (κ2) is 8.18. The van der Waals surface area contributed by atoms with Crippen LogP contribution < -0.4 is 0 Å². The molecule has 134 valence electrons. The smallest absolute Gasteiger partial charge is 0.196 e. The van der Waals surface area contributed by atoms with Crippen molar-refractivity contribution in [1.82, 2.24) is 19.7 Å². The zero-order valence-corrected chi connectivity index (χ0v) is 15.9. The largest absolute Gasteiger partial charge is 0.270 e. The van der Waals surface area contributed by atoms with Gasteiger partial charge in [-0.05, 0) is 43.2 Å². The Bertz CT molecular complexity index is 996. The van der Waals surface area contributed by atoms with Gasteiger partial charge in [-0.3, -0.25) is 9.55 Å². The Hall–Kier alpha value is -2.92. The van der Waals surface area contributed by atoms with Crippen LogP contribution in [0.5, 0.6) is 0 Å². The predicted octanol–water partition coefficient (Wildman–Crippen LogP) is 4.97. The second-order valence-corrected chi connectivity index (χ2v) is 7.36. The van der Waals surface area contributed by atoms with Gasteiger partial charge in [0.1, 0.15) is 0 Å². The first kappa shape index (κ1) is 17.5. The fourth-order valence-electron chi connectivity index (χ4n) is 2.87. The van der Waals surface area contributed by atoms with Crippen LogP contribution in [0.25, 0.3) is 17.1 Å². The molecule has 0 fully saturated rings. The summed E-state index contributed by atoms with van der Waals surface area (Å²) in [6.45, 7) is 2.10. The first-order chi connectivity index (χ1) is 13.3. The molecule has 4 nitrogen and oxygen atoms in total. The molecule has 0 saturated carbocycles. The summed E-state index contributed by atoms with van der Waals surface area (Å²) in [6.07, 6.45) is 4.64. The fourth-order valence-corrected chi connectivity index (χ4v) is 3.81. The van der Waals surface area contributed by atoms with Crippen LogP contribution in [0, 0.1) is 6.92 Å². The van der Waals surface area contributed by atoms with Crippen LogP contribution >= 0.6 is 11.8 Å². The SMILES string of the molecule is Cc1ccc(-n2c(SCCc3ccncc3)nnc2-c2ccccc2)cc1. The molecule has 5 heteroatoms. The van der Waals surface area contributed by atoms with Crippen LogP contribution in [0.4, 0.5) is 0 Å². The highest BCUT2D eigenvalue weighted by molar-refractivity contribution is 7.99. The molecule has 0 atom stereocenters. The standard InChI is InChI=1S/C22H20N4S/c1-17-7-9-20(10-8-17)26-21(19-5-3-2-4-6-19)24-25-22(26)27-16-13-18-11-14-23-15-12-18/h2-12,14-15H,13,16H2,1H3. The van der Waals surface area contributed by atoms with Gasteiger partial charge in [-0.15, -0.1) is 10.2 Å². The number of hydrogen-bond acceptors (Lipinski definition) is 4. The number of hydrogen-bond donors (Lipinski definition) is 0. The van der Waals surface area contributed by atoms with E-state index in [9.17, 15) is 0 Å². The number of benzene rings is 2.